The molecule has 0 fully saturated rings. The van der Waals surface area contributed by atoms with Gasteiger partial charge in [0.05, 0.1) is 5.66 Å². The molecule has 1 rings (SSSR count). The van der Waals surface area contributed by atoms with E-state index in [1.54, 1.807) is 0 Å². The Kier molecular flexibility index (Phi) is 5.57. The first-order valence-corrected chi connectivity index (χ1v) is 7.91. The van der Waals surface area contributed by atoms with Gasteiger partial charge in [0.25, 0.3) is 0 Å². The average molecular weight is 269 g/mol. The Labute approximate surface area is 108 Å². The van der Waals surface area contributed by atoms with Gasteiger partial charge in [0.1, 0.15) is 0 Å². The molecule has 0 aliphatic heterocycles. The van der Waals surface area contributed by atoms with Crippen LogP contribution in [-0.4, -0.2) is 22.5 Å². The summed E-state index contributed by atoms with van der Waals surface area (Å²) in [5.41, 5.74) is 0.306. The Hall–Kier alpha value is -1.12. The summed E-state index contributed by atoms with van der Waals surface area (Å²) >= 11 is 0. The molecule has 5 heteroatoms. The fourth-order valence-electron chi connectivity index (χ4n) is 2.01. The van der Waals surface area contributed by atoms with E-state index in [0.717, 1.165) is 5.56 Å². The Morgan fingerprint density at radius 1 is 1.33 bits per heavy atom. The summed E-state index contributed by atoms with van der Waals surface area (Å²) in [5.74, 6) is 0.151. The van der Waals surface area contributed by atoms with E-state index in [2.05, 4.69) is 5.16 Å². The highest BCUT2D eigenvalue weighted by Crippen LogP contribution is 2.57. The number of hydrogen-bond donors (Lipinski definition) is 2. The van der Waals surface area contributed by atoms with Crippen molar-refractivity contribution in [2.24, 2.45) is 11.1 Å². The quantitative estimate of drug-likeness (QED) is 0.359. The Balaban J connectivity index is 3.02. The highest BCUT2D eigenvalue weighted by molar-refractivity contribution is 7.58. The minimum Gasteiger partial charge on any atom is -0.411 e. The van der Waals surface area contributed by atoms with Crippen LogP contribution in [0.1, 0.15) is 31.5 Å². The molecular formula is C13H20NO3P. The molecule has 2 unspecified atom stereocenters. The Morgan fingerprint density at radius 2 is 1.94 bits per heavy atom. The normalized spacial score (nSPS) is 16.9. The number of rotatable bonds is 6. The fourth-order valence-corrected chi connectivity index (χ4v) is 4.37. The third kappa shape index (κ3) is 4.28. The van der Waals surface area contributed by atoms with Gasteiger partial charge in [0.15, 0.2) is 0 Å². The molecule has 0 amide bonds. The van der Waals surface area contributed by atoms with Gasteiger partial charge in [0, 0.05) is 18.8 Å². The lowest BCUT2D eigenvalue weighted by Gasteiger charge is -2.23. The highest BCUT2D eigenvalue weighted by Gasteiger charge is 2.32. The molecule has 18 heavy (non-hydrogen) atoms. The molecule has 1 aromatic rings. The molecule has 0 saturated carbocycles. The number of oxime groups is 1. The molecule has 0 bridgehead atoms. The van der Waals surface area contributed by atoms with Crippen LogP contribution in [0.4, 0.5) is 0 Å². The van der Waals surface area contributed by atoms with Crippen molar-refractivity contribution in [2.75, 3.05) is 6.16 Å². The summed E-state index contributed by atoms with van der Waals surface area (Å²) in [6.07, 6.45) is 1.81. The van der Waals surface area contributed by atoms with Crippen molar-refractivity contribution in [1.82, 2.24) is 0 Å². The van der Waals surface area contributed by atoms with Crippen molar-refractivity contribution < 1.29 is 14.7 Å². The molecule has 2 atom stereocenters. The van der Waals surface area contributed by atoms with E-state index >= 15 is 0 Å². The summed E-state index contributed by atoms with van der Waals surface area (Å²) in [7, 11) is -3.31. The van der Waals surface area contributed by atoms with E-state index < -0.39 is 13.0 Å². The van der Waals surface area contributed by atoms with Gasteiger partial charge in [0.2, 0.25) is 7.37 Å². The predicted octanol–water partition coefficient (Wildman–Crippen LogP) is 3.50. The van der Waals surface area contributed by atoms with Crippen molar-refractivity contribution in [3.63, 3.8) is 0 Å². The molecule has 0 aliphatic carbocycles. The summed E-state index contributed by atoms with van der Waals surface area (Å²) in [4.78, 5) is 10.2. The molecule has 2 N–H and O–H groups in total. The van der Waals surface area contributed by atoms with Crippen molar-refractivity contribution in [1.29, 1.82) is 0 Å². The van der Waals surface area contributed by atoms with E-state index in [0.29, 0.717) is 0 Å². The monoisotopic (exact) mass is 269 g/mol. The maximum atomic E-state index is 12.4. The summed E-state index contributed by atoms with van der Waals surface area (Å²) < 4.78 is 12.4. The maximum Gasteiger partial charge on any atom is 0.208 e. The summed E-state index contributed by atoms with van der Waals surface area (Å²) in [5, 5.41) is 11.4. The third-order valence-corrected chi connectivity index (χ3v) is 5.44. The second kappa shape index (κ2) is 6.72. The standard InChI is InChI=1S/C13H20NO3P/c1-11(2)10-18(16,17)13(8-9-14-15)12-6-4-3-5-7-12/h3-7,9,11,13,15H,8,10H2,1-2H3,(H,16,17). The molecule has 0 heterocycles. The van der Waals surface area contributed by atoms with Crippen LogP contribution in [-0.2, 0) is 4.57 Å². The second-order valence-electron chi connectivity index (χ2n) is 4.79. The summed E-state index contributed by atoms with van der Waals surface area (Å²) in [6.45, 7) is 3.84. The number of benzene rings is 1. The molecule has 0 aliphatic rings. The minimum absolute atomic E-state index is 0.151. The van der Waals surface area contributed by atoms with Crippen LogP contribution < -0.4 is 0 Å². The molecule has 1 aromatic carbocycles. The van der Waals surface area contributed by atoms with Gasteiger partial charge in [-0.15, -0.1) is 5.16 Å². The number of nitrogens with zero attached hydrogens (tertiary/aromatic N) is 1. The summed E-state index contributed by atoms with van der Waals surface area (Å²) in [6, 6.07) is 9.21. The van der Waals surface area contributed by atoms with Crippen molar-refractivity contribution in [3.05, 3.63) is 35.9 Å². The lowest BCUT2D eigenvalue weighted by atomic mass is 10.1. The molecule has 0 saturated heterocycles. The van der Waals surface area contributed by atoms with Crippen molar-refractivity contribution in [2.45, 2.75) is 25.9 Å². The Bertz CT molecular complexity index is 431. The first-order chi connectivity index (χ1) is 8.47. The van der Waals surface area contributed by atoms with Gasteiger partial charge in [-0.05, 0) is 11.5 Å². The van der Waals surface area contributed by atoms with Crippen LogP contribution >= 0.6 is 7.37 Å². The highest BCUT2D eigenvalue weighted by atomic mass is 31.2. The van der Waals surface area contributed by atoms with Gasteiger partial charge in [-0.2, -0.15) is 0 Å². The van der Waals surface area contributed by atoms with E-state index in [4.69, 9.17) is 5.21 Å². The third-order valence-electron chi connectivity index (χ3n) is 2.71. The van der Waals surface area contributed by atoms with E-state index in [-0.39, 0.29) is 18.5 Å². The fraction of sp³-hybridized carbons (Fsp3) is 0.462. The molecule has 100 valence electrons. The van der Waals surface area contributed by atoms with Crippen molar-refractivity contribution >= 4 is 13.6 Å². The largest absolute Gasteiger partial charge is 0.411 e. The molecule has 0 spiro atoms. The van der Waals surface area contributed by atoms with Gasteiger partial charge in [-0.1, -0.05) is 44.2 Å². The van der Waals surface area contributed by atoms with Crippen LogP contribution in [0.5, 0.6) is 0 Å². The van der Waals surface area contributed by atoms with Gasteiger partial charge < -0.3 is 10.1 Å². The zero-order valence-corrected chi connectivity index (χ0v) is 11.6. The van der Waals surface area contributed by atoms with Crippen LogP contribution in [0.2, 0.25) is 0 Å². The van der Waals surface area contributed by atoms with Crippen LogP contribution in [0.15, 0.2) is 35.5 Å². The van der Waals surface area contributed by atoms with Crippen molar-refractivity contribution in [3.8, 4) is 0 Å². The average Bonchev–Trinajstić information content (AvgIpc) is 2.29. The predicted molar refractivity (Wildman–Crippen MR) is 73.6 cm³/mol. The Morgan fingerprint density at radius 3 is 2.44 bits per heavy atom. The molecule has 0 aromatic heterocycles. The molecule has 0 radical (unpaired) electrons. The van der Waals surface area contributed by atoms with Crippen LogP contribution in [0.25, 0.3) is 0 Å². The van der Waals surface area contributed by atoms with Gasteiger partial charge >= 0.3 is 0 Å². The molecular weight excluding hydrogens is 249 g/mol. The minimum atomic E-state index is -3.31. The zero-order chi connectivity index (χ0) is 13.6. The smallest absolute Gasteiger partial charge is 0.208 e. The van der Waals surface area contributed by atoms with Crippen LogP contribution in [0, 0.1) is 5.92 Å². The maximum absolute atomic E-state index is 12.4. The van der Waals surface area contributed by atoms with Gasteiger partial charge in [-0.3, -0.25) is 4.57 Å². The SMILES string of the molecule is CC(C)CP(=O)(O)C(CC=NO)c1ccccc1. The lowest BCUT2D eigenvalue weighted by molar-refractivity contribution is 0.320. The van der Waals surface area contributed by atoms with E-state index in [1.165, 1.54) is 6.21 Å². The van der Waals surface area contributed by atoms with E-state index in [1.807, 2.05) is 44.2 Å². The number of hydrogen-bond acceptors (Lipinski definition) is 3. The topological polar surface area (TPSA) is 69.9 Å². The molecule has 4 nitrogen and oxygen atoms in total. The van der Waals surface area contributed by atoms with E-state index in [9.17, 15) is 9.46 Å². The zero-order valence-electron chi connectivity index (χ0n) is 10.7. The van der Waals surface area contributed by atoms with Gasteiger partial charge in [-0.25, -0.2) is 0 Å². The first-order valence-electron chi connectivity index (χ1n) is 5.99. The van der Waals surface area contributed by atoms with Crippen LogP contribution in [0.3, 0.4) is 0 Å². The first kappa shape index (κ1) is 14.9. The second-order valence-corrected chi connectivity index (χ2v) is 7.29. The lowest BCUT2D eigenvalue weighted by Crippen LogP contribution is -2.07.